The Morgan fingerprint density at radius 2 is 1.94 bits per heavy atom. The summed E-state index contributed by atoms with van der Waals surface area (Å²) in [6.45, 7) is 0. The lowest BCUT2D eigenvalue weighted by atomic mass is 10.2. The van der Waals surface area contributed by atoms with E-state index in [0.29, 0.717) is 0 Å². The SMILES string of the molecule is Nc1ccc2nn3c4ccccc4cnc3c2c1. The number of benzene rings is 2. The number of fused-ring (bicyclic) bond motifs is 5. The van der Waals surface area contributed by atoms with Gasteiger partial charge in [0.25, 0.3) is 0 Å². The van der Waals surface area contributed by atoms with E-state index in [4.69, 9.17) is 5.73 Å². The van der Waals surface area contributed by atoms with Gasteiger partial charge in [-0.15, -0.1) is 0 Å². The molecule has 0 fully saturated rings. The highest BCUT2D eigenvalue weighted by atomic mass is 15.3. The van der Waals surface area contributed by atoms with E-state index in [2.05, 4.69) is 10.1 Å². The third-order valence-electron chi connectivity index (χ3n) is 3.16. The van der Waals surface area contributed by atoms with E-state index in [1.807, 2.05) is 53.2 Å². The summed E-state index contributed by atoms with van der Waals surface area (Å²) in [5, 5.41) is 6.64. The van der Waals surface area contributed by atoms with Crippen molar-refractivity contribution >= 4 is 33.1 Å². The van der Waals surface area contributed by atoms with Gasteiger partial charge in [-0.25, -0.2) is 9.50 Å². The van der Waals surface area contributed by atoms with Gasteiger partial charge in [-0.1, -0.05) is 18.2 Å². The van der Waals surface area contributed by atoms with Crippen LogP contribution >= 0.6 is 0 Å². The molecule has 0 saturated carbocycles. The van der Waals surface area contributed by atoms with Gasteiger partial charge in [-0.2, -0.15) is 5.10 Å². The van der Waals surface area contributed by atoms with E-state index < -0.39 is 0 Å². The van der Waals surface area contributed by atoms with E-state index in [-0.39, 0.29) is 0 Å². The zero-order valence-electron chi connectivity index (χ0n) is 9.54. The maximum atomic E-state index is 5.82. The summed E-state index contributed by atoms with van der Waals surface area (Å²) in [5.74, 6) is 0. The Bertz CT molecular complexity index is 892. The zero-order valence-corrected chi connectivity index (χ0v) is 9.54. The summed E-state index contributed by atoms with van der Waals surface area (Å²) < 4.78 is 1.87. The molecule has 4 rings (SSSR count). The zero-order chi connectivity index (χ0) is 12.1. The minimum Gasteiger partial charge on any atom is -0.399 e. The monoisotopic (exact) mass is 234 g/mol. The van der Waals surface area contributed by atoms with Crippen LogP contribution in [0.2, 0.25) is 0 Å². The predicted molar refractivity (Wildman–Crippen MR) is 72.4 cm³/mol. The third kappa shape index (κ3) is 1.14. The lowest BCUT2D eigenvalue weighted by Gasteiger charge is -1.99. The van der Waals surface area contributed by atoms with Crippen LogP contribution in [0, 0.1) is 0 Å². The molecule has 2 aromatic carbocycles. The van der Waals surface area contributed by atoms with Crippen LogP contribution in [0.1, 0.15) is 0 Å². The summed E-state index contributed by atoms with van der Waals surface area (Å²) in [4.78, 5) is 4.48. The van der Waals surface area contributed by atoms with Crippen LogP contribution < -0.4 is 5.73 Å². The van der Waals surface area contributed by atoms with Crippen molar-refractivity contribution in [2.75, 3.05) is 5.73 Å². The smallest absolute Gasteiger partial charge is 0.163 e. The normalized spacial score (nSPS) is 11.6. The van der Waals surface area contributed by atoms with Crippen LogP contribution in [0.5, 0.6) is 0 Å². The van der Waals surface area contributed by atoms with Crippen molar-refractivity contribution in [1.82, 2.24) is 14.6 Å². The lowest BCUT2D eigenvalue weighted by Crippen LogP contribution is -1.91. The summed E-state index contributed by atoms with van der Waals surface area (Å²) in [7, 11) is 0. The molecule has 0 amide bonds. The topological polar surface area (TPSA) is 56.2 Å². The van der Waals surface area contributed by atoms with Gasteiger partial charge in [-0.3, -0.25) is 0 Å². The first-order valence-electron chi connectivity index (χ1n) is 5.75. The first kappa shape index (κ1) is 9.41. The van der Waals surface area contributed by atoms with Crippen molar-refractivity contribution < 1.29 is 0 Å². The number of aromatic nitrogens is 3. The molecule has 0 bridgehead atoms. The molecule has 86 valence electrons. The predicted octanol–water partition coefficient (Wildman–Crippen LogP) is 2.62. The summed E-state index contributed by atoms with van der Waals surface area (Å²) >= 11 is 0. The molecule has 0 spiro atoms. The number of nitrogens with two attached hydrogens (primary N) is 1. The Labute approximate surface area is 103 Å². The molecule has 4 aromatic rings. The van der Waals surface area contributed by atoms with E-state index in [9.17, 15) is 0 Å². The molecule has 0 aliphatic rings. The number of anilines is 1. The van der Waals surface area contributed by atoms with Crippen LogP contribution in [0.4, 0.5) is 5.69 Å². The second kappa shape index (κ2) is 3.20. The molecule has 0 unspecified atom stereocenters. The van der Waals surface area contributed by atoms with Crippen LogP contribution in [-0.4, -0.2) is 14.6 Å². The van der Waals surface area contributed by atoms with Crippen LogP contribution in [0.3, 0.4) is 0 Å². The van der Waals surface area contributed by atoms with Crippen molar-refractivity contribution in [2.45, 2.75) is 0 Å². The molecule has 0 atom stereocenters. The average Bonchev–Trinajstić information content (AvgIpc) is 2.77. The first-order valence-corrected chi connectivity index (χ1v) is 5.75. The highest BCUT2D eigenvalue weighted by Gasteiger charge is 2.08. The molecule has 0 aliphatic carbocycles. The van der Waals surface area contributed by atoms with Crippen molar-refractivity contribution in [1.29, 1.82) is 0 Å². The molecule has 4 heteroatoms. The largest absolute Gasteiger partial charge is 0.399 e. The Morgan fingerprint density at radius 3 is 2.89 bits per heavy atom. The maximum Gasteiger partial charge on any atom is 0.163 e. The van der Waals surface area contributed by atoms with Crippen LogP contribution in [-0.2, 0) is 0 Å². The van der Waals surface area contributed by atoms with Gasteiger partial charge in [0.15, 0.2) is 5.65 Å². The van der Waals surface area contributed by atoms with E-state index in [1.54, 1.807) is 0 Å². The third-order valence-corrected chi connectivity index (χ3v) is 3.16. The Hall–Kier alpha value is -2.62. The molecular formula is C14H10N4. The van der Waals surface area contributed by atoms with Gasteiger partial charge in [0, 0.05) is 22.7 Å². The molecule has 2 aromatic heterocycles. The summed E-state index contributed by atoms with van der Waals surface area (Å²) in [5.41, 5.74) is 9.36. The summed E-state index contributed by atoms with van der Waals surface area (Å²) in [6, 6.07) is 13.8. The van der Waals surface area contributed by atoms with E-state index >= 15 is 0 Å². The van der Waals surface area contributed by atoms with Gasteiger partial charge in [0.1, 0.15) is 0 Å². The van der Waals surface area contributed by atoms with Gasteiger partial charge in [-0.05, 0) is 24.3 Å². The van der Waals surface area contributed by atoms with Gasteiger partial charge in [0.05, 0.1) is 11.0 Å². The number of rotatable bonds is 0. The minimum absolute atomic E-state index is 0.729. The van der Waals surface area contributed by atoms with Gasteiger partial charge in [0.2, 0.25) is 0 Å². The average molecular weight is 234 g/mol. The quantitative estimate of drug-likeness (QED) is 0.476. The molecular weight excluding hydrogens is 224 g/mol. The highest BCUT2D eigenvalue weighted by molar-refractivity contribution is 5.96. The molecule has 0 radical (unpaired) electrons. The highest BCUT2D eigenvalue weighted by Crippen LogP contribution is 2.23. The van der Waals surface area contributed by atoms with E-state index in [1.165, 1.54) is 0 Å². The molecule has 2 N–H and O–H groups in total. The van der Waals surface area contributed by atoms with Gasteiger partial charge >= 0.3 is 0 Å². The second-order valence-corrected chi connectivity index (χ2v) is 4.33. The molecule has 18 heavy (non-hydrogen) atoms. The molecule has 0 aliphatic heterocycles. The Morgan fingerprint density at radius 1 is 1.06 bits per heavy atom. The second-order valence-electron chi connectivity index (χ2n) is 4.33. The van der Waals surface area contributed by atoms with Crippen molar-refractivity contribution in [3.8, 4) is 0 Å². The number of para-hydroxylation sites is 1. The van der Waals surface area contributed by atoms with E-state index in [0.717, 1.165) is 33.1 Å². The standard InChI is InChI=1S/C14H10N4/c15-10-5-6-12-11(7-10)14-16-8-9-3-1-2-4-13(9)18(14)17-12/h1-8H,15H2. The summed E-state index contributed by atoms with van der Waals surface area (Å²) in [6.07, 6.45) is 1.87. The minimum atomic E-state index is 0.729. The lowest BCUT2D eigenvalue weighted by molar-refractivity contribution is 1.00. The Kier molecular flexibility index (Phi) is 1.67. The maximum absolute atomic E-state index is 5.82. The van der Waals surface area contributed by atoms with Crippen molar-refractivity contribution in [2.24, 2.45) is 0 Å². The number of nitrogen functional groups attached to an aromatic ring is 1. The number of hydrogen-bond acceptors (Lipinski definition) is 3. The molecule has 4 nitrogen and oxygen atoms in total. The number of hydrogen-bond donors (Lipinski definition) is 1. The first-order chi connectivity index (χ1) is 8.83. The fourth-order valence-electron chi connectivity index (χ4n) is 2.30. The van der Waals surface area contributed by atoms with Gasteiger partial charge < -0.3 is 5.73 Å². The fourth-order valence-corrected chi connectivity index (χ4v) is 2.30. The van der Waals surface area contributed by atoms with Crippen LogP contribution in [0.25, 0.3) is 27.5 Å². The van der Waals surface area contributed by atoms with Crippen LogP contribution in [0.15, 0.2) is 48.7 Å². The van der Waals surface area contributed by atoms with Crippen molar-refractivity contribution in [3.05, 3.63) is 48.7 Å². The molecule has 2 heterocycles. The number of nitrogens with zero attached hydrogens (tertiary/aromatic N) is 3. The fraction of sp³-hybridized carbons (Fsp3) is 0. The molecule has 0 saturated heterocycles. The Balaban J connectivity index is 2.30. The van der Waals surface area contributed by atoms with Crippen molar-refractivity contribution in [3.63, 3.8) is 0 Å².